The van der Waals surface area contributed by atoms with Crippen LogP contribution in [-0.2, 0) is 0 Å². The van der Waals surface area contributed by atoms with Crippen molar-refractivity contribution in [3.63, 3.8) is 0 Å². The minimum absolute atomic E-state index is 0.407. The summed E-state index contributed by atoms with van der Waals surface area (Å²) in [5.41, 5.74) is 2.34. The molecule has 0 aliphatic carbocycles. The van der Waals surface area contributed by atoms with Crippen LogP contribution < -0.4 is 0 Å². The minimum Gasteiger partial charge on any atom is -0.192 e. The molecule has 22 heavy (non-hydrogen) atoms. The lowest BCUT2D eigenvalue weighted by Gasteiger charge is -2.03. The fraction of sp³-hybridized carbons (Fsp3) is 0.200. The van der Waals surface area contributed by atoms with Gasteiger partial charge in [-0.1, -0.05) is 88.4 Å². The number of hydrogen-bond acceptors (Lipinski definition) is 2. The Morgan fingerprint density at radius 2 is 0.864 bits per heavy atom. The number of nitrogens with zero attached hydrogens (tertiary/aromatic N) is 2. The number of nitriles is 2. The van der Waals surface area contributed by atoms with Crippen LogP contribution in [0, 0.1) is 22.7 Å². The fourth-order valence-electron chi connectivity index (χ4n) is 1.74. The van der Waals surface area contributed by atoms with Gasteiger partial charge in [0, 0.05) is 0 Å². The van der Waals surface area contributed by atoms with E-state index in [0.717, 1.165) is 11.1 Å². The van der Waals surface area contributed by atoms with E-state index < -0.39 is 0 Å². The Kier molecular flexibility index (Phi) is 10.4. The van der Waals surface area contributed by atoms with E-state index in [9.17, 15) is 10.5 Å². The van der Waals surface area contributed by atoms with Gasteiger partial charge in [0.1, 0.15) is 12.1 Å². The van der Waals surface area contributed by atoms with Gasteiger partial charge < -0.3 is 0 Å². The van der Waals surface area contributed by atoms with Gasteiger partial charge in [-0.05, 0) is 11.1 Å². The van der Waals surface area contributed by atoms with Crippen LogP contribution >= 0.6 is 0 Å². The second kappa shape index (κ2) is 11.9. The SMILES string of the molecule is CC.CC.N#C/C(=C(/C#N)c1ccccc1)c1ccccc1. The summed E-state index contributed by atoms with van der Waals surface area (Å²) < 4.78 is 0. The maximum absolute atomic E-state index is 9.28. The molecule has 0 saturated heterocycles. The van der Waals surface area contributed by atoms with E-state index in [1.165, 1.54) is 0 Å². The van der Waals surface area contributed by atoms with Gasteiger partial charge in [-0.15, -0.1) is 0 Å². The van der Waals surface area contributed by atoms with Crippen molar-refractivity contribution in [3.8, 4) is 12.1 Å². The maximum Gasteiger partial charge on any atom is 0.101 e. The summed E-state index contributed by atoms with van der Waals surface area (Å²) in [4.78, 5) is 0. The van der Waals surface area contributed by atoms with Gasteiger partial charge in [0.2, 0.25) is 0 Å². The van der Waals surface area contributed by atoms with Crippen LogP contribution in [0.2, 0.25) is 0 Å². The van der Waals surface area contributed by atoms with E-state index >= 15 is 0 Å². The first-order valence-electron chi connectivity index (χ1n) is 7.52. The first-order chi connectivity index (χ1) is 10.9. The predicted octanol–water partition coefficient (Wildman–Crippen LogP) is 5.70. The van der Waals surface area contributed by atoms with Crippen molar-refractivity contribution in [2.45, 2.75) is 27.7 Å². The van der Waals surface area contributed by atoms with Gasteiger partial charge in [0.05, 0.1) is 11.1 Å². The molecular weight excluding hydrogens is 268 g/mol. The Morgan fingerprint density at radius 1 is 0.591 bits per heavy atom. The highest BCUT2D eigenvalue weighted by molar-refractivity contribution is 6.02. The van der Waals surface area contributed by atoms with Crippen molar-refractivity contribution < 1.29 is 0 Å². The molecular formula is C20H22N2. The molecule has 0 fully saturated rings. The topological polar surface area (TPSA) is 47.6 Å². The molecule has 112 valence electrons. The normalized spacial score (nSPS) is 9.55. The van der Waals surface area contributed by atoms with Gasteiger partial charge in [0.25, 0.3) is 0 Å². The molecule has 0 radical (unpaired) electrons. The molecule has 0 aliphatic rings. The van der Waals surface area contributed by atoms with Crippen molar-refractivity contribution >= 4 is 11.1 Å². The van der Waals surface area contributed by atoms with Crippen molar-refractivity contribution in [1.29, 1.82) is 10.5 Å². The second-order valence-electron chi connectivity index (χ2n) is 3.71. The highest BCUT2D eigenvalue weighted by Gasteiger charge is 2.10. The number of hydrogen-bond donors (Lipinski definition) is 0. The summed E-state index contributed by atoms with van der Waals surface area (Å²) in [5, 5.41) is 18.6. The molecule has 0 heterocycles. The smallest absolute Gasteiger partial charge is 0.101 e. The molecule has 2 aromatic carbocycles. The monoisotopic (exact) mass is 290 g/mol. The number of benzene rings is 2. The largest absolute Gasteiger partial charge is 0.192 e. The summed E-state index contributed by atoms with van der Waals surface area (Å²) >= 11 is 0. The fourth-order valence-corrected chi connectivity index (χ4v) is 1.74. The summed E-state index contributed by atoms with van der Waals surface area (Å²) in [6.07, 6.45) is 0. The number of allylic oxidation sites excluding steroid dienone is 2. The van der Waals surface area contributed by atoms with E-state index in [1.54, 1.807) is 0 Å². The van der Waals surface area contributed by atoms with Gasteiger partial charge in [-0.2, -0.15) is 10.5 Å². The summed E-state index contributed by atoms with van der Waals surface area (Å²) in [6, 6.07) is 22.8. The average molecular weight is 290 g/mol. The highest BCUT2D eigenvalue weighted by Crippen LogP contribution is 2.25. The lowest BCUT2D eigenvalue weighted by Crippen LogP contribution is -1.88. The van der Waals surface area contributed by atoms with Crippen LogP contribution in [-0.4, -0.2) is 0 Å². The molecule has 2 nitrogen and oxygen atoms in total. The Labute approximate surface area is 134 Å². The van der Waals surface area contributed by atoms with Crippen LogP contribution in [0.25, 0.3) is 11.1 Å². The third-order valence-electron chi connectivity index (χ3n) is 2.60. The molecule has 0 aromatic heterocycles. The quantitative estimate of drug-likeness (QED) is 0.526. The maximum atomic E-state index is 9.28. The molecule has 0 atom stereocenters. The first-order valence-corrected chi connectivity index (χ1v) is 7.52. The molecule has 0 unspecified atom stereocenters. The molecule has 0 amide bonds. The lowest BCUT2D eigenvalue weighted by atomic mass is 9.96. The summed E-state index contributed by atoms with van der Waals surface area (Å²) in [7, 11) is 0. The molecule has 0 bridgehead atoms. The zero-order valence-electron chi connectivity index (χ0n) is 13.7. The van der Waals surface area contributed by atoms with Crippen LogP contribution in [0.5, 0.6) is 0 Å². The number of rotatable bonds is 2. The summed E-state index contributed by atoms with van der Waals surface area (Å²) in [5.74, 6) is 0. The Bertz CT molecular complexity index is 582. The second-order valence-corrected chi connectivity index (χ2v) is 3.71. The van der Waals surface area contributed by atoms with Crippen molar-refractivity contribution in [2.24, 2.45) is 0 Å². The molecule has 0 saturated carbocycles. The average Bonchev–Trinajstić information content (AvgIpc) is 2.64. The first kappa shape index (κ1) is 19.2. The third kappa shape index (κ3) is 5.27. The van der Waals surface area contributed by atoms with Gasteiger partial charge in [-0.3, -0.25) is 0 Å². The molecule has 2 rings (SSSR count). The van der Waals surface area contributed by atoms with Gasteiger partial charge in [0.15, 0.2) is 0 Å². The van der Waals surface area contributed by atoms with Gasteiger partial charge in [-0.25, -0.2) is 0 Å². The predicted molar refractivity (Wildman–Crippen MR) is 93.6 cm³/mol. The van der Waals surface area contributed by atoms with E-state index in [4.69, 9.17) is 0 Å². The van der Waals surface area contributed by atoms with Gasteiger partial charge >= 0.3 is 0 Å². The van der Waals surface area contributed by atoms with Crippen LogP contribution in [0.1, 0.15) is 38.8 Å². The van der Waals surface area contributed by atoms with Crippen molar-refractivity contribution in [2.75, 3.05) is 0 Å². The molecule has 0 N–H and O–H groups in total. The van der Waals surface area contributed by atoms with Crippen molar-refractivity contribution in [3.05, 3.63) is 71.8 Å². The standard InChI is InChI=1S/C16H10N2.2C2H6/c17-11-15(13-7-3-1-4-8-13)16(12-18)14-9-5-2-6-10-14;2*1-2/h1-10H;2*1-2H3/b16-15+;;. The molecule has 2 heteroatoms. The highest BCUT2D eigenvalue weighted by atomic mass is 14.3. The Hall–Kier alpha value is -2.84. The summed E-state index contributed by atoms with van der Waals surface area (Å²) in [6.45, 7) is 8.00. The third-order valence-corrected chi connectivity index (χ3v) is 2.60. The zero-order valence-corrected chi connectivity index (χ0v) is 13.7. The Morgan fingerprint density at radius 3 is 1.09 bits per heavy atom. The van der Waals surface area contributed by atoms with Crippen LogP contribution in [0.4, 0.5) is 0 Å². The molecule has 2 aromatic rings. The zero-order chi connectivity index (χ0) is 16.8. The van der Waals surface area contributed by atoms with E-state index in [1.807, 2.05) is 88.4 Å². The van der Waals surface area contributed by atoms with E-state index in [-0.39, 0.29) is 0 Å². The van der Waals surface area contributed by atoms with Crippen LogP contribution in [0.15, 0.2) is 60.7 Å². The van der Waals surface area contributed by atoms with Crippen LogP contribution in [0.3, 0.4) is 0 Å². The van der Waals surface area contributed by atoms with E-state index in [0.29, 0.717) is 11.1 Å². The molecule has 0 aliphatic heterocycles. The Balaban J connectivity index is 0.00000102. The molecule has 0 spiro atoms. The minimum atomic E-state index is 0.407. The lowest BCUT2D eigenvalue weighted by molar-refractivity contribution is 1.50. The van der Waals surface area contributed by atoms with Crippen molar-refractivity contribution in [1.82, 2.24) is 0 Å². The van der Waals surface area contributed by atoms with E-state index in [2.05, 4.69) is 12.1 Å².